The maximum absolute atomic E-state index is 11.4. The first-order valence-corrected chi connectivity index (χ1v) is 7.18. The first-order valence-electron chi connectivity index (χ1n) is 7.18. The van der Waals surface area contributed by atoms with E-state index >= 15 is 0 Å². The Balaban J connectivity index is 2.27. The molecule has 0 amide bonds. The molecule has 2 aromatic rings. The largest absolute Gasteiger partial charge is 0.513 e. The van der Waals surface area contributed by atoms with Gasteiger partial charge in [-0.25, -0.2) is 4.79 Å². The van der Waals surface area contributed by atoms with Gasteiger partial charge in [0.1, 0.15) is 11.5 Å². The van der Waals surface area contributed by atoms with Gasteiger partial charge in [-0.2, -0.15) is 0 Å². The fourth-order valence-corrected chi connectivity index (χ4v) is 2.24. The van der Waals surface area contributed by atoms with Crippen molar-refractivity contribution in [3.8, 4) is 11.5 Å². The summed E-state index contributed by atoms with van der Waals surface area (Å²) in [4.78, 5) is 11.4. The van der Waals surface area contributed by atoms with E-state index in [9.17, 15) is 9.90 Å². The van der Waals surface area contributed by atoms with E-state index in [-0.39, 0.29) is 17.8 Å². The van der Waals surface area contributed by atoms with Crippen molar-refractivity contribution >= 4 is 6.16 Å². The topological polar surface area (TPSA) is 55.8 Å². The van der Waals surface area contributed by atoms with Crippen LogP contribution in [0.1, 0.15) is 31.9 Å². The van der Waals surface area contributed by atoms with E-state index in [0.717, 1.165) is 11.1 Å². The molecular formula is C18H20O4. The Hall–Kier alpha value is -2.49. The first kappa shape index (κ1) is 15.9. The summed E-state index contributed by atoms with van der Waals surface area (Å²) >= 11 is 0. The van der Waals surface area contributed by atoms with E-state index in [1.807, 2.05) is 30.3 Å². The lowest BCUT2D eigenvalue weighted by Crippen LogP contribution is -2.19. The highest BCUT2D eigenvalue weighted by Crippen LogP contribution is 2.33. The average molecular weight is 300 g/mol. The van der Waals surface area contributed by atoms with Crippen LogP contribution in [0.15, 0.2) is 48.5 Å². The number of rotatable bonds is 4. The maximum Gasteiger partial charge on any atom is 0.513 e. The number of hydrogen-bond donors (Lipinski definition) is 1. The molecule has 0 unspecified atom stereocenters. The highest BCUT2D eigenvalue weighted by molar-refractivity contribution is 5.64. The quantitative estimate of drug-likeness (QED) is 0.677. The molecule has 2 aromatic carbocycles. The Morgan fingerprint density at radius 3 is 2.41 bits per heavy atom. The number of carbonyl (C=O) groups excluding carboxylic acids is 1. The van der Waals surface area contributed by atoms with Gasteiger partial charge in [0.25, 0.3) is 0 Å². The smallest absolute Gasteiger partial charge is 0.508 e. The predicted octanol–water partition coefficient (Wildman–Crippen LogP) is 4.25. The Bertz CT molecular complexity index is 644. The first-order chi connectivity index (χ1) is 10.4. The molecule has 0 aliphatic carbocycles. The van der Waals surface area contributed by atoms with Crippen LogP contribution in [0.25, 0.3) is 0 Å². The molecule has 22 heavy (non-hydrogen) atoms. The summed E-state index contributed by atoms with van der Waals surface area (Å²) in [7, 11) is 0. The number of hydrogen-bond acceptors (Lipinski definition) is 4. The van der Waals surface area contributed by atoms with Crippen LogP contribution in [0.2, 0.25) is 0 Å². The van der Waals surface area contributed by atoms with Gasteiger partial charge < -0.3 is 14.6 Å². The van der Waals surface area contributed by atoms with Crippen LogP contribution < -0.4 is 4.74 Å². The van der Waals surface area contributed by atoms with E-state index in [2.05, 4.69) is 13.8 Å². The highest BCUT2D eigenvalue weighted by atomic mass is 16.7. The van der Waals surface area contributed by atoms with Gasteiger partial charge in [-0.05, 0) is 42.3 Å². The van der Waals surface area contributed by atoms with E-state index in [0.29, 0.717) is 5.75 Å². The zero-order valence-electron chi connectivity index (χ0n) is 13.0. The van der Waals surface area contributed by atoms with Crippen LogP contribution >= 0.6 is 0 Å². The molecule has 0 aromatic heterocycles. The SMILES string of the molecule is CCOC(=O)Oc1cccc(C(C)(C)c2ccc(O)cc2)c1. The van der Waals surface area contributed by atoms with Gasteiger partial charge in [0, 0.05) is 5.41 Å². The zero-order valence-corrected chi connectivity index (χ0v) is 13.0. The zero-order chi connectivity index (χ0) is 16.2. The number of carbonyl (C=O) groups is 1. The molecule has 0 fully saturated rings. The minimum absolute atomic E-state index is 0.235. The third-order valence-corrected chi connectivity index (χ3v) is 3.61. The molecule has 0 bridgehead atoms. The molecule has 116 valence electrons. The molecule has 0 saturated carbocycles. The second-order valence-electron chi connectivity index (χ2n) is 5.48. The standard InChI is InChI=1S/C18H20O4/c1-4-21-17(20)22-16-7-5-6-14(12-16)18(2,3)13-8-10-15(19)11-9-13/h5-12,19H,4H2,1-3H3. The van der Waals surface area contributed by atoms with Gasteiger partial charge in [0.05, 0.1) is 6.61 Å². The number of aromatic hydroxyl groups is 1. The summed E-state index contributed by atoms with van der Waals surface area (Å²) in [6.07, 6.45) is -0.706. The predicted molar refractivity (Wildman–Crippen MR) is 84.3 cm³/mol. The van der Waals surface area contributed by atoms with E-state index < -0.39 is 6.16 Å². The third kappa shape index (κ3) is 3.58. The normalized spacial score (nSPS) is 11.0. The number of phenols is 1. The van der Waals surface area contributed by atoms with Gasteiger partial charge in [-0.15, -0.1) is 0 Å². The molecule has 0 atom stereocenters. The molecule has 0 radical (unpaired) electrons. The molecule has 4 nitrogen and oxygen atoms in total. The Morgan fingerprint density at radius 2 is 1.77 bits per heavy atom. The van der Waals surface area contributed by atoms with Crippen molar-refractivity contribution in [1.82, 2.24) is 0 Å². The van der Waals surface area contributed by atoms with Crippen molar-refractivity contribution < 1.29 is 19.4 Å². The fourth-order valence-electron chi connectivity index (χ4n) is 2.24. The second-order valence-corrected chi connectivity index (χ2v) is 5.48. The van der Waals surface area contributed by atoms with Crippen molar-refractivity contribution in [3.05, 3.63) is 59.7 Å². The van der Waals surface area contributed by atoms with Crippen LogP contribution in [-0.2, 0) is 10.2 Å². The number of benzene rings is 2. The van der Waals surface area contributed by atoms with Gasteiger partial charge >= 0.3 is 6.16 Å². The van der Waals surface area contributed by atoms with Crippen LogP contribution in [-0.4, -0.2) is 17.9 Å². The lowest BCUT2D eigenvalue weighted by atomic mass is 9.78. The average Bonchev–Trinajstić information content (AvgIpc) is 2.48. The van der Waals surface area contributed by atoms with Crippen molar-refractivity contribution in [1.29, 1.82) is 0 Å². The number of ether oxygens (including phenoxy) is 2. The lowest BCUT2D eigenvalue weighted by Gasteiger charge is -2.26. The lowest BCUT2D eigenvalue weighted by molar-refractivity contribution is 0.104. The molecule has 1 N–H and O–H groups in total. The summed E-state index contributed by atoms with van der Waals surface area (Å²) in [5.41, 5.74) is 1.76. The summed E-state index contributed by atoms with van der Waals surface area (Å²) in [5.74, 6) is 0.682. The maximum atomic E-state index is 11.4. The van der Waals surface area contributed by atoms with Crippen LogP contribution in [0, 0.1) is 0 Å². The molecular weight excluding hydrogens is 280 g/mol. The molecule has 0 aliphatic rings. The molecule has 0 spiro atoms. The minimum atomic E-state index is -0.706. The highest BCUT2D eigenvalue weighted by Gasteiger charge is 2.23. The van der Waals surface area contributed by atoms with Crippen molar-refractivity contribution in [2.24, 2.45) is 0 Å². The summed E-state index contributed by atoms with van der Waals surface area (Å²) < 4.78 is 9.92. The van der Waals surface area contributed by atoms with Crippen LogP contribution in [0.5, 0.6) is 11.5 Å². The second kappa shape index (κ2) is 6.52. The fraction of sp³-hybridized carbons (Fsp3) is 0.278. The van der Waals surface area contributed by atoms with Crippen LogP contribution in [0.3, 0.4) is 0 Å². The molecule has 2 rings (SSSR count). The van der Waals surface area contributed by atoms with E-state index in [4.69, 9.17) is 9.47 Å². The Morgan fingerprint density at radius 1 is 1.09 bits per heavy atom. The van der Waals surface area contributed by atoms with Gasteiger partial charge in [0.2, 0.25) is 0 Å². The van der Waals surface area contributed by atoms with Crippen molar-refractivity contribution in [2.45, 2.75) is 26.2 Å². The molecule has 4 heteroatoms. The Labute approximate surface area is 130 Å². The summed E-state index contributed by atoms with van der Waals surface area (Å²) in [5, 5.41) is 9.42. The molecule has 0 saturated heterocycles. The van der Waals surface area contributed by atoms with Crippen LogP contribution in [0.4, 0.5) is 4.79 Å². The van der Waals surface area contributed by atoms with Crippen molar-refractivity contribution in [3.63, 3.8) is 0 Å². The van der Waals surface area contributed by atoms with Gasteiger partial charge in [0.15, 0.2) is 0 Å². The summed E-state index contributed by atoms with van der Waals surface area (Å²) in [6.45, 7) is 6.15. The minimum Gasteiger partial charge on any atom is -0.508 e. The molecule has 0 aliphatic heterocycles. The van der Waals surface area contributed by atoms with Crippen molar-refractivity contribution in [2.75, 3.05) is 6.61 Å². The van der Waals surface area contributed by atoms with Gasteiger partial charge in [-0.3, -0.25) is 0 Å². The number of phenolic OH excluding ortho intramolecular Hbond substituents is 1. The summed E-state index contributed by atoms with van der Waals surface area (Å²) in [6, 6.07) is 14.4. The Kier molecular flexibility index (Phi) is 4.71. The van der Waals surface area contributed by atoms with Gasteiger partial charge in [-0.1, -0.05) is 38.1 Å². The monoisotopic (exact) mass is 300 g/mol. The van der Waals surface area contributed by atoms with E-state index in [1.54, 1.807) is 25.1 Å². The third-order valence-electron chi connectivity index (χ3n) is 3.61. The molecule has 0 heterocycles. The van der Waals surface area contributed by atoms with E-state index in [1.165, 1.54) is 0 Å².